The van der Waals surface area contributed by atoms with E-state index in [-0.39, 0.29) is 18.5 Å². The van der Waals surface area contributed by atoms with Crippen molar-refractivity contribution in [1.29, 1.82) is 0 Å². The molecule has 0 saturated heterocycles. The third kappa shape index (κ3) is 43.7. The number of allylic oxidation sites excluding steroid dienone is 5. The van der Waals surface area contributed by atoms with Gasteiger partial charge in [0.05, 0.1) is 25.4 Å². The van der Waals surface area contributed by atoms with Gasteiger partial charge in [0.15, 0.2) is 0 Å². The van der Waals surface area contributed by atoms with E-state index in [0.29, 0.717) is 19.4 Å². The monoisotopic (exact) mass is 816 g/mol. The first-order valence-corrected chi connectivity index (χ1v) is 25.3. The first kappa shape index (κ1) is 56.1. The van der Waals surface area contributed by atoms with Crippen LogP contribution in [0.3, 0.4) is 0 Å². The summed E-state index contributed by atoms with van der Waals surface area (Å²) in [6.45, 7) is 4.84. The summed E-state index contributed by atoms with van der Waals surface area (Å²) in [6.07, 6.45) is 57.1. The third-order valence-electron chi connectivity index (χ3n) is 11.4. The lowest BCUT2D eigenvalue weighted by Gasteiger charge is -2.20. The molecule has 0 heterocycles. The Bertz CT molecular complexity index is 946. The number of rotatable bonds is 46. The Hall–Kier alpha value is -1.92. The van der Waals surface area contributed by atoms with Gasteiger partial charge in [0, 0.05) is 12.8 Å². The Balaban J connectivity index is 3.48. The van der Waals surface area contributed by atoms with Gasteiger partial charge in [-0.1, -0.05) is 198 Å². The van der Waals surface area contributed by atoms with Crippen LogP contribution in [0.25, 0.3) is 0 Å². The molecule has 2 unspecified atom stereocenters. The van der Waals surface area contributed by atoms with Gasteiger partial charge in [-0.15, -0.1) is 0 Å². The fraction of sp³-hybridized carbons (Fsp3) is 0.846. The van der Waals surface area contributed by atoms with Crippen LogP contribution in [0.1, 0.15) is 258 Å². The Morgan fingerprint density at radius 3 is 1.26 bits per heavy atom. The second kappa shape index (κ2) is 47.8. The van der Waals surface area contributed by atoms with Crippen LogP contribution in [0.15, 0.2) is 36.5 Å². The minimum atomic E-state index is -0.851. The van der Waals surface area contributed by atoms with E-state index in [1.807, 2.05) is 6.08 Å². The molecule has 3 N–H and O–H groups in total. The van der Waals surface area contributed by atoms with Crippen molar-refractivity contribution in [1.82, 2.24) is 5.32 Å². The second-order valence-corrected chi connectivity index (χ2v) is 17.1. The number of carbonyl (C=O) groups is 2. The van der Waals surface area contributed by atoms with Crippen molar-refractivity contribution in [2.24, 2.45) is 0 Å². The predicted molar refractivity (Wildman–Crippen MR) is 250 cm³/mol. The average molecular weight is 816 g/mol. The number of carbonyl (C=O) groups excluding carboxylic acids is 2. The van der Waals surface area contributed by atoms with Crippen LogP contribution >= 0.6 is 0 Å². The molecule has 6 heteroatoms. The van der Waals surface area contributed by atoms with E-state index in [2.05, 4.69) is 43.5 Å². The number of esters is 1. The SMILES string of the molecule is CCCCC/C=C\CCCCCCCC(=O)OCCCCCCCCCCC/C=C\CCCCCCCC(=O)NC(CO)C(O)/C=C/CCCCCCCCCCC. The highest BCUT2D eigenvalue weighted by molar-refractivity contribution is 5.76. The second-order valence-electron chi connectivity index (χ2n) is 17.1. The van der Waals surface area contributed by atoms with Gasteiger partial charge in [0.2, 0.25) is 5.91 Å². The van der Waals surface area contributed by atoms with Crippen LogP contribution in [-0.4, -0.2) is 47.4 Å². The molecule has 0 rings (SSSR count). The zero-order chi connectivity index (χ0) is 42.3. The maximum Gasteiger partial charge on any atom is 0.305 e. The van der Waals surface area contributed by atoms with E-state index in [0.717, 1.165) is 64.2 Å². The molecule has 0 fully saturated rings. The topological polar surface area (TPSA) is 95.9 Å². The fourth-order valence-electron chi connectivity index (χ4n) is 7.44. The molecular weight excluding hydrogens is 719 g/mol. The van der Waals surface area contributed by atoms with E-state index in [4.69, 9.17) is 4.74 Å². The summed E-state index contributed by atoms with van der Waals surface area (Å²) < 4.78 is 5.45. The van der Waals surface area contributed by atoms with E-state index >= 15 is 0 Å². The Labute approximate surface area is 360 Å². The first-order chi connectivity index (χ1) is 28.5. The molecule has 58 heavy (non-hydrogen) atoms. The summed E-state index contributed by atoms with van der Waals surface area (Å²) in [5.74, 6) is -0.0938. The maximum atomic E-state index is 12.4. The number of hydrogen-bond acceptors (Lipinski definition) is 5. The molecule has 0 spiro atoms. The highest BCUT2D eigenvalue weighted by Gasteiger charge is 2.18. The smallest absolute Gasteiger partial charge is 0.305 e. The minimum Gasteiger partial charge on any atom is -0.466 e. The van der Waals surface area contributed by atoms with Crippen LogP contribution in [0.2, 0.25) is 0 Å². The molecule has 0 aliphatic carbocycles. The van der Waals surface area contributed by atoms with Crippen molar-refractivity contribution in [2.45, 2.75) is 270 Å². The third-order valence-corrected chi connectivity index (χ3v) is 11.4. The molecule has 6 nitrogen and oxygen atoms in total. The maximum absolute atomic E-state index is 12.4. The first-order valence-electron chi connectivity index (χ1n) is 25.3. The van der Waals surface area contributed by atoms with Gasteiger partial charge in [-0.05, 0) is 83.5 Å². The van der Waals surface area contributed by atoms with Crippen LogP contribution in [0.5, 0.6) is 0 Å². The van der Waals surface area contributed by atoms with Gasteiger partial charge >= 0.3 is 5.97 Å². The Morgan fingerprint density at radius 1 is 0.466 bits per heavy atom. The van der Waals surface area contributed by atoms with Gasteiger partial charge < -0.3 is 20.3 Å². The number of ether oxygens (including phenoxy) is 1. The fourth-order valence-corrected chi connectivity index (χ4v) is 7.44. The lowest BCUT2D eigenvalue weighted by Crippen LogP contribution is -2.45. The summed E-state index contributed by atoms with van der Waals surface area (Å²) >= 11 is 0. The number of nitrogens with one attached hydrogen (secondary N) is 1. The van der Waals surface area contributed by atoms with Crippen LogP contribution in [0.4, 0.5) is 0 Å². The van der Waals surface area contributed by atoms with Crippen molar-refractivity contribution < 1.29 is 24.5 Å². The van der Waals surface area contributed by atoms with Crippen molar-refractivity contribution in [3.8, 4) is 0 Å². The zero-order valence-electron chi connectivity index (χ0n) is 38.5. The van der Waals surface area contributed by atoms with Crippen LogP contribution < -0.4 is 5.32 Å². The molecule has 0 radical (unpaired) electrons. The minimum absolute atomic E-state index is 0.00892. The zero-order valence-corrected chi connectivity index (χ0v) is 38.5. The lowest BCUT2D eigenvalue weighted by atomic mass is 10.1. The standard InChI is InChI=1S/C52H97NO5/c1-3-5-7-9-11-13-15-26-30-34-38-42-46-52(57)58-47-43-39-35-31-27-23-21-19-17-16-18-20-22-25-29-33-37-41-45-51(56)53-49(48-54)50(55)44-40-36-32-28-24-14-12-10-8-6-4-2/h11,13,18,20,40,44,49-50,54-55H,3-10,12,14-17,19,21-39,41-43,45-48H2,1-2H3,(H,53,56)/b13-11-,20-18-,44-40+. The largest absolute Gasteiger partial charge is 0.466 e. The van der Waals surface area contributed by atoms with Crippen LogP contribution in [0, 0.1) is 0 Å². The highest BCUT2D eigenvalue weighted by atomic mass is 16.5. The van der Waals surface area contributed by atoms with Gasteiger partial charge in [-0.3, -0.25) is 9.59 Å². The predicted octanol–water partition coefficient (Wildman–Crippen LogP) is 14.9. The molecule has 0 aromatic heterocycles. The van der Waals surface area contributed by atoms with Gasteiger partial charge in [-0.25, -0.2) is 0 Å². The molecule has 2 atom stereocenters. The molecule has 0 aliphatic heterocycles. The molecule has 340 valence electrons. The molecule has 0 aromatic rings. The lowest BCUT2D eigenvalue weighted by molar-refractivity contribution is -0.143. The molecule has 1 amide bonds. The van der Waals surface area contributed by atoms with E-state index in [9.17, 15) is 19.8 Å². The molecule has 0 bridgehead atoms. The summed E-state index contributed by atoms with van der Waals surface area (Å²) in [6, 6.07) is -0.636. The number of amides is 1. The molecule has 0 aromatic carbocycles. The number of unbranched alkanes of at least 4 members (excludes halogenated alkanes) is 31. The molecule has 0 aliphatic rings. The van der Waals surface area contributed by atoms with Crippen molar-refractivity contribution >= 4 is 11.9 Å². The van der Waals surface area contributed by atoms with Gasteiger partial charge in [0.25, 0.3) is 0 Å². The quantitative estimate of drug-likeness (QED) is 0.0323. The van der Waals surface area contributed by atoms with Gasteiger partial charge in [-0.2, -0.15) is 0 Å². The Kier molecular flexibility index (Phi) is 46.2. The van der Waals surface area contributed by atoms with E-state index in [1.165, 1.54) is 167 Å². The summed E-state index contributed by atoms with van der Waals surface area (Å²) in [4.78, 5) is 24.4. The number of hydrogen-bond donors (Lipinski definition) is 3. The Morgan fingerprint density at radius 2 is 0.810 bits per heavy atom. The van der Waals surface area contributed by atoms with E-state index in [1.54, 1.807) is 6.08 Å². The van der Waals surface area contributed by atoms with Crippen molar-refractivity contribution in [3.05, 3.63) is 36.5 Å². The van der Waals surface area contributed by atoms with Crippen molar-refractivity contribution in [2.75, 3.05) is 13.2 Å². The number of aliphatic hydroxyl groups excluding tert-OH is 2. The summed E-state index contributed by atoms with van der Waals surface area (Å²) in [7, 11) is 0. The summed E-state index contributed by atoms with van der Waals surface area (Å²) in [5.41, 5.74) is 0. The van der Waals surface area contributed by atoms with Crippen LogP contribution in [-0.2, 0) is 14.3 Å². The van der Waals surface area contributed by atoms with Crippen molar-refractivity contribution in [3.63, 3.8) is 0 Å². The number of aliphatic hydroxyl groups is 2. The molecular formula is C52H97NO5. The highest BCUT2D eigenvalue weighted by Crippen LogP contribution is 2.14. The molecule has 0 saturated carbocycles. The normalized spacial score (nSPS) is 13.0. The van der Waals surface area contributed by atoms with Gasteiger partial charge in [0.1, 0.15) is 0 Å². The van der Waals surface area contributed by atoms with E-state index < -0.39 is 12.1 Å². The summed E-state index contributed by atoms with van der Waals surface area (Å²) in [5, 5.41) is 22.9. The average Bonchev–Trinajstić information content (AvgIpc) is 3.22.